The number of aliphatic imine (C=N–C) groups is 1. The molecule has 0 radical (unpaired) electrons. The Labute approximate surface area is 124 Å². The molecule has 3 nitrogen and oxygen atoms in total. The summed E-state index contributed by atoms with van der Waals surface area (Å²) < 4.78 is 5.19. The molecule has 0 saturated carbocycles. The summed E-state index contributed by atoms with van der Waals surface area (Å²) in [4.78, 5) is 16.2. The average molecular weight is 279 g/mol. The lowest BCUT2D eigenvalue weighted by Crippen LogP contribution is -2.20. The summed E-state index contributed by atoms with van der Waals surface area (Å²) in [6.07, 6.45) is 1.97. The minimum Gasteiger partial charge on any atom is -0.497 e. The van der Waals surface area contributed by atoms with E-state index in [1.54, 1.807) is 7.11 Å². The standard InChI is InChI=1S/C18H17NO2/c1-21-16-9-7-13(8-10-16)17-11-15(20)12-19-18(17)14-5-3-2-4-6-14/h2-10,12,17-18H,11H2,1H3. The molecule has 0 amide bonds. The third kappa shape index (κ3) is 2.87. The lowest BCUT2D eigenvalue weighted by molar-refractivity contribution is -0.113. The lowest BCUT2D eigenvalue weighted by atomic mass is 9.82. The summed E-state index contributed by atoms with van der Waals surface area (Å²) in [7, 11) is 1.65. The number of carbonyl (C=O) groups excluding carboxylic acids is 1. The molecule has 2 atom stereocenters. The maximum atomic E-state index is 11.8. The number of rotatable bonds is 3. The van der Waals surface area contributed by atoms with Gasteiger partial charge in [0.1, 0.15) is 5.75 Å². The Hall–Kier alpha value is -2.42. The molecule has 106 valence electrons. The van der Waals surface area contributed by atoms with Gasteiger partial charge in [0.2, 0.25) is 0 Å². The molecule has 0 N–H and O–H groups in total. The monoisotopic (exact) mass is 279 g/mol. The highest BCUT2D eigenvalue weighted by molar-refractivity contribution is 6.28. The molecule has 3 heteroatoms. The SMILES string of the molecule is COc1ccc(C2CC(=O)C=NC2c2ccccc2)cc1. The molecule has 1 aliphatic heterocycles. The minimum absolute atomic E-state index is 0.00250. The van der Waals surface area contributed by atoms with Gasteiger partial charge in [-0.1, -0.05) is 42.5 Å². The molecular formula is C18H17NO2. The van der Waals surface area contributed by atoms with Crippen molar-refractivity contribution in [2.45, 2.75) is 18.4 Å². The Bertz CT molecular complexity index is 647. The molecule has 0 aliphatic carbocycles. The fourth-order valence-electron chi connectivity index (χ4n) is 2.77. The number of benzene rings is 2. The molecular weight excluding hydrogens is 262 g/mol. The van der Waals surface area contributed by atoms with Crippen LogP contribution < -0.4 is 4.74 Å². The number of Topliss-reactive ketones (excluding diaryl/α,β-unsaturated/α-hetero) is 1. The van der Waals surface area contributed by atoms with Crippen molar-refractivity contribution in [2.75, 3.05) is 7.11 Å². The van der Waals surface area contributed by atoms with Crippen LogP contribution in [0.5, 0.6) is 5.75 Å². The Morgan fingerprint density at radius 2 is 1.71 bits per heavy atom. The van der Waals surface area contributed by atoms with Crippen LogP contribution in [0.15, 0.2) is 59.6 Å². The molecule has 2 unspecified atom stereocenters. The van der Waals surface area contributed by atoms with Gasteiger partial charge in [-0.2, -0.15) is 0 Å². The van der Waals surface area contributed by atoms with E-state index in [4.69, 9.17) is 4.74 Å². The Morgan fingerprint density at radius 1 is 1.00 bits per heavy atom. The molecule has 0 spiro atoms. The fraction of sp³-hybridized carbons (Fsp3) is 0.222. The fourth-order valence-corrected chi connectivity index (χ4v) is 2.77. The first-order valence-electron chi connectivity index (χ1n) is 7.03. The summed E-state index contributed by atoms with van der Waals surface area (Å²) in [5.41, 5.74) is 2.26. The topological polar surface area (TPSA) is 38.7 Å². The zero-order valence-electron chi connectivity index (χ0n) is 11.9. The van der Waals surface area contributed by atoms with Crippen LogP contribution in [0.4, 0.5) is 0 Å². The van der Waals surface area contributed by atoms with Crippen molar-refractivity contribution in [2.24, 2.45) is 4.99 Å². The van der Waals surface area contributed by atoms with Crippen LogP contribution in [0, 0.1) is 0 Å². The second-order valence-corrected chi connectivity index (χ2v) is 5.18. The molecule has 1 aliphatic rings. The zero-order chi connectivity index (χ0) is 14.7. The van der Waals surface area contributed by atoms with Gasteiger partial charge in [0.05, 0.1) is 19.4 Å². The van der Waals surface area contributed by atoms with Crippen molar-refractivity contribution < 1.29 is 9.53 Å². The summed E-state index contributed by atoms with van der Waals surface area (Å²) in [5.74, 6) is 0.986. The van der Waals surface area contributed by atoms with Crippen LogP contribution >= 0.6 is 0 Å². The first kappa shape index (κ1) is 13.6. The van der Waals surface area contributed by atoms with E-state index in [1.165, 1.54) is 6.21 Å². The molecule has 2 aromatic carbocycles. The highest BCUT2D eigenvalue weighted by Gasteiger charge is 2.29. The van der Waals surface area contributed by atoms with Crippen molar-refractivity contribution in [3.63, 3.8) is 0 Å². The normalized spacial score (nSPS) is 21.3. The third-order valence-electron chi connectivity index (χ3n) is 3.87. The largest absolute Gasteiger partial charge is 0.497 e. The molecule has 3 rings (SSSR count). The number of methoxy groups -OCH3 is 1. The van der Waals surface area contributed by atoms with Crippen LogP contribution in [0.2, 0.25) is 0 Å². The predicted octanol–water partition coefficient (Wildman–Crippen LogP) is 3.56. The van der Waals surface area contributed by atoms with E-state index in [2.05, 4.69) is 17.1 Å². The average Bonchev–Trinajstić information content (AvgIpc) is 2.56. The maximum absolute atomic E-state index is 11.8. The van der Waals surface area contributed by atoms with Crippen molar-refractivity contribution in [3.05, 3.63) is 65.7 Å². The zero-order valence-corrected chi connectivity index (χ0v) is 11.9. The number of ether oxygens (including phenoxy) is 1. The summed E-state index contributed by atoms with van der Waals surface area (Å²) in [6, 6.07) is 18.0. The van der Waals surface area contributed by atoms with Crippen LogP contribution in [0.25, 0.3) is 0 Å². The van der Waals surface area contributed by atoms with E-state index in [0.717, 1.165) is 16.9 Å². The molecule has 0 bridgehead atoms. The quantitative estimate of drug-likeness (QED) is 0.861. The van der Waals surface area contributed by atoms with E-state index in [9.17, 15) is 4.79 Å². The molecule has 0 saturated heterocycles. The second-order valence-electron chi connectivity index (χ2n) is 5.18. The second kappa shape index (κ2) is 5.92. The molecule has 21 heavy (non-hydrogen) atoms. The number of ketones is 1. The van der Waals surface area contributed by atoms with E-state index < -0.39 is 0 Å². The number of hydrogen-bond donors (Lipinski definition) is 0. The van der Waals surface area contributed by atoms with E-state index in [1.807, 2.05) is 42.5 Å². The van der Waals surface area contributed by atoms with Gasteiger partial charge in [-0.25, -0.2) is 0 Å². The third-order valence-corrected chi connectivity index (χ3v) is 3.87. The summed E-state index contributed by atoms with van der Waals surface area (Å²) in [6.45, 7) is 0. The van der Waals surface area contributed by atoms with Crippen LogP contribution in [-0.2, 0) is 4.79 Å². The minimum atomic E-state index is -0.00250. The van der Waals surface area contributed by atoms with Crippen molar-refractivity contribution >= 4 is 12.0 Å². The van der Waals surface area contributed by atoms with Gasteiger partial charge in [0.15, 0.2) is 5.78 Å². The van der Waals surface area contributed by atoms with Crippen LogP contribution in [0.3, 0.4) is 0 Å². The van der Waals surface area contributed by atoms with E-state index >= 15 is 0 Å². The van der Waals surface area contributed by atoms with Gasteiger partial charge in [-0.15, -0.1) is 0 Å². The molecule has 0 fully saturated rings. The first-order chi connectivity index (χ1) is 10.3. The number of carbonyl (C=O) groups is 1. The van der Waals surface area contributed by atoms with Gasteiger partial charge < -0.3 is 4.74 Å². The van der Waals surface area contributed by atoms with Gasteiger partial charge in [-0.3, -0.25) is 9.79 Å². The smallest absolute Gasteiger partial charge is 0.174 e. The summed E-state index contributed by atoms with van der Waals surface area (Å²) in [5, 5.41) is 0. The van der Waals surface area contributed by atoms with Gasteiger partial charge in [-0.05, 0) is 23.3 Å². The highest BCUT2D eigenvalue weighted by atomic mass is 16.5. The maximum Gasteiger partial charge on any atom is 0.174 e. The van der Waals surface area contributed by atoms with Crippen LogP contribution in [-0.4, -0.2) is 19.1 Å². The first-order valence-corrected chi connectivity index (χ1v) is 7.03. The van der Waals surface area contributed by atoms with Crippen molar-refractivity contribution in [3.8, 4) is 5.75 Å². The molecule has 0 aromatic heterocycles. The summed E-state index contributed by atoms with van der Waals surface area (Å²) >= 11 is 0. The highest BCUT2D eigenvalue weighted by Crippen LogP contribution is 2.39. The molecule has 2 aromatic rings. The number of hydrogen-bond acceptors (Lipinski definition) is 3. The molecule has 1 heterocycles. The lowest BCUT2D eigenvalue weighted by Gasteiger charge is -2.27. The van der Waals surface area contributed by atoms with E-state index in [-0.39, 0.29) is 17.7 Å². The Morgan fingerprint density at radius 3 is 2.38 bits per heavy atom. The Balaban J connectivity index is 1.96. The van der Waals surface area contributed by atoms with Crippen molar-refractivity contribution in [1.82, 2.24) is 0 Å². The van der Waals surface area contributed by atoms with Crippen molar-refractivity contribution in [1.29, 1.82) is 0 Å². The number of nitrogens with zero attached hydrogens (tertiary/aromatic N) is 1. The van der Waals surface area contributed by atoms with Gasteiger partial charge in [0, 0.05) is 12.3 Å². The van der Waals surface area contributed by atoms with Gasteiger partial charge >= 0.3 is 0 Å². The predicted molar refractivity (Wildman–Crippen MR) is 83.0 cm³/mol. The van der Waals surface area contributed by atoms with Gasteiger partial charge in [0.25, 0.3) is 0 Å². The Kier molecular flexibility index (Phi) is 3.82. The van der Waals surface area contributed by atoms with Crippen LogP contribution in [0.1, 0.15) is 29.5 Å². The van der Waals surface area contributed by atoms with E-state index in [0.29, 0.717) is 6.42 Å².